The fourth-order valence-corrected chi connectivity index (χ4v) is 5.31. The molecule has 1 aliphatic carbocycles. The largest absolute Gasteiger partial charge is 0.463 e. The molecule has 2 aromatic rings. The molecule has 0 spiro atoms. The average molecular weight is 438 g/mol. The second kappa shape index (κ2) is 11.0. The van der Waals surface area contributed by atoms with Crippen molar-refractivity contribution in [3.63, 3.8) is 0 Å². The van der Waals surface area contributed by atoms with Gasteiger partial charge in [-0.3, -0.25) is 0 Å². The van der Waals surface area contributed by atoms with Crippen LogP contribution in [-0.4, -0.2) is 40.7 Å². The molecule has 0 bridgehead atoms. The van der Waals surface area contributed by atoms with Crippen LogP contribution in [0.5, 0.6) is 0 Å². The molecule has 6 nitrogen and oxygen atoms in total. The summed E-state index contributed by atoms with van der Waals surface area (Å²) in [5.74, 6) is 0.0534. The highest BCUT2D eigenvalue weighted by Crippen LogP contribution is 2.41. The summed E-state index contributed by atoms with van der Waals surface area (Å²) in [5.41, 5.74) is -0.0701. The number of piperidine rings is 1. The highest BCUT2D eigenvalue weighted by Gasteiger charge is 2.48. The minimum atomic E-state index is -1.59. The van der Waals surface area contributed by atoms with Gasteiger partial charge in [-0.25, -0.2) is 14.8 Å². The molecule has 2 heterocycles. The van der Waals surface area contributed by atoms with Crippen LogP contribution in [0.1, 0.15) is 68.5 Å². The number of nitrogens with zero attached hydrogens (tertiary/aromatic N) is 2. The van der Waals surface area contributed by atoms with Crippen molar-refractivity contribution in [2.24, 2.45) is 11.8 Å². The monoisotopic (exact) mass is 437 g/mol. The number of benzene rings is 1. The molecule has 0 amide bonds. The van der Waals surface area contributed by atoms with Gasteiger partial charge in [0.1, 0.15) is 6.33 Å². The van der Waals surface area contributed by atoms with Crippen LogP contribution in [0.4, 0.5) is 0 Å². The van der Waals surface area contributed by atoms with Crippen molar-refractivity contribution in [3.8, 4) is 0 Å². The van der Waals surface area contributed by atoms with E-state index in [1.807, 2.05) is 36.4 Å². The molecular formula is C26H35N3O3. The maximum Gasteiger partial charge on any atom is 0.343 e. The molecule has 1 aromatic heterocycles. The van der Waals surface area contributed by atoms with Gasteiger partial charge in [-0.2, -0.15) is 0 Å². The molecule has 172 valence electrons. The van der Waals surface area contributed by atoms with Crippen LogP contribution in [0.2, 0.25) is 0 Å². The third kappa shape index (κ3) is 5.36. The first-order chi connectivity index (χ1) is 15.7. The number of ether oxygens (including phenoxy) is 1. The third-order valence-electron chi connectivity index (χ3n) is 7.29. The number of carbonyl (C=O) groups excluding carboxylic acids is 1. The second-order valence-corrected chi connectivity index (χ2v) is 9.31. The Morgan fingerprint density at radius 3 is 2.56 bits per heavy atom. The van der Waals surface area contributed by atoms with E-state index in [1.165, 1.54) is 12.8 Å². The standard InChI is InChI=1S/C26H35N3O3/c30-25(26(31,23-8-4-5-9-23)22-6-2-1-3-7-22)32-18-21(24-14-17-28-19-29-24)11-10-20-12-15-27-16-13-20/h1-3,6-7,14,17,19-21,23,27,31H,4-5,8-13,15-16,18H2. The molecule has 0 radical (unpaired) electrons. The van der Waals surface area contributed by atoms with Crippen molar-refractivity contribution in [2.45, 2.75) is 62.9 Å². The Kier molecular flexibility index (Phi) is 7.87. The van der Waals surface area contributed by atoms with E-state index in [2.05, 4.69) is 15.3 Å². The van der Waals surface area contributed by atoms with Gasteiger partial charge in [0.2, 0.25) is 0 Å². The van der Waals surface area contributed by atoms with Crippen molar-refractivity contribution < 1.29 is 14.6 Å². The van der Waals surface area contributed by atoms with Crippen molar-refractivity contribution >= 4 is 5.97 Å². The van der Waals surface area contributed by atoms with Crippen molar-refractivity contribution in [1.29, 1.82) is 0 Å². The first-order valence-electron chi connectivity index (χ1n) is 12.1. The first-order valence-corrected chi connectivity index (χ1v) is 12.1. The highest BCUT2D eigenvalue weighted by atomic mass is 16.5. The summed E-state index contributed by atoms with van der Waals surface area (Å²) >= 11 is 0. The van der Waals surface area contributed by atoms with Crippen LogP contribution < -0.4 is 5.32 Å². The van der Waals surface area contributed by atoms with Crippen molar-refractivity contribution in [1.82, 2.24) is 15.3 Å². The SMILES string of the molecule is O=C(OCC(CCC1CCNCC1)c1ccncn1)C(O)(c1ccccc1)C1CCCC1. The van der Waals surface area contributed by atoms with Crippen LogP contribution >= 0.6 is 0 Å². The average Bonchev–Trinajstić information content (AvgIpc) is 3.41. The van der Waals surface area contributed by atoms with Gasteiger partial charge in [-0.1, -0.05) is 43.2 Å². The normalized spacial score (nSPS) is 20.5. The van der Waals surface area contributed by atoms with E-state index in [9.17, 15) is 9.90 Å². The zero-order valence-electron chi connectivity index (χ0n) is 18.8. The molecule has 6 heteroatoms. The highest BCUT2D eigenvalue weighted by molar-refractivity contribution is 5.81. The molecule has 2 N–H and O–H groups in total. The number of hydrogen-bond donors (Lipinski definition) is 2. The van der Waals surface area contributed by atoms with Crippen LogP contribution in [-0.2, 0) is 15.1 Å². The second-order valence-electron chi connectivity index (χ2n) is 9.31. The van der Waals surface area contributed by atoms with E-state index in [4.69, 9.17) is 4.74 Å². The molecule has 2 atom stereocenters. The van der Waals surface area contributed by atoms with Gasteiger partial charge in [0.25, 0.3) is 0 Å². The molecular weight excluding hydrogens is 402 g/mol. The summed E-state index contributed by atoms with van der Waals surface area (Å²) in [7, 11) is 0. The van der Waals surface area contributed by atoms with Crippen LogP contribution in [0.15, 0.2) is 48.9 Å². The number of hydrogen-bond acceptors (Lipinski definition) is 6. The van der Waals surface area contributed by atoms with Crippen molar-refractivity contribution in [2.75, 3.05) is 19.7 Å². The Hall–Kier alpha value is -2.31. The van der Waals surface area contributed by atoms with E-state index in [0.29, 0.717) is 11.5 Å². The van der Waals surface area contributed by atoms with E-state index >= 15 is 0 Å². The molecule has 32 heavy (non-hydrogen) atoms. The molecule has 1 aromatic carbocycles. The molecule has 1 saturated carbocycles. The molecule has 2 fully saturated rings. The predicted molar refractivity (Wildman–Crippen MR) is 123 cm³/mol. The van der Waals surface area contributed by atoms with E-state index in [-0.39, 0.29) is 18.4 Å². The van der Waals surface area contributed by atoms with Crippen LogP contribution in [0.25, 0.3) is 0 Å². The van der Waals surface area contributed by atoms with E-state index in [0.717, 1.165) is 57.3 Å². The lowest BCUT2D eigenvalue weighted by atomic mass is 9.80. The van der Waals surface area contributed by atoms with Gasteiger partial charge in [-0.15, -0.1) is 0 Å². The summed E-state index contributed by atoms with van der Waals surface area (Å²) in [4.78, 5) is 21.9. The lowest BCUT2D eigenvalue weighted by Gasteiger charge is -2.33. The van der Waals surface area contributed by atoms with Gasteiger partial charge in [0, 0.05) is 18.0 Å². The smallest absolute Gasteiger partial charge is 0.343 e. The first kappa shape index (κ1) is 22.9. The summed E-state index contributed by atoms with van der Waals surface area (Å²) < 4.78 is 5.87. The number of rotatable bonds is 9. The Balaban J connectivity index is 1.47. The fourth-order valence-electron chi connectivity index (χ4n) is 5.31. The number of aliphatic hydroxyl groups is 1. The van der Waals surface area contributed by atoms with Crippen LogP contribution in [0.3, 0.4) is 0 Å². The molecule has 4 rings (SSSR count). The van der Waals surface area contributed by atoms with E-state index < -0.39 is 11.6 Å². The van der Waals surface area contributed by atoms with Gasteiger partial charge in [-0.05, 0) is 69.2 Å². The maximum atomic E-state index is 13.4. The van der Waals surface area contributed by atoms with Gasteiger partial charge in [0.15, 0.2) is 5.60 Å². The summed E-state index contributed by atoms with van der Waals surface area (Å²) in [5, 5.41) is 15.1. The Labute approximate surface area is 190 Å². The predicted octanol–water partition coefficient (Wildman–Crippen LogP) is 3.96. The van der Waals surface area contributed by atoms with Crippen LogP contribution in [0, 0.1) is 11.8 Å². The zero-order valence-corrected chi connectivity index (χ0v) is 18.8. The van der Waals surface area contributed by atoms with E-state index in [1.54, 1.807) is 12.5 Å². The van der Waals surface area contributed by atoms with Gasteiger partial charge >= 0.3 is 5.97 Å². The molecule has 2 unspecified atom stereocenters. The number of esters is 1. The quantitative estimate of drug-likeness (QED) is 0.578. The maximum absolute atomic E-state index is 13.4. The summed E-state index contributed by atoms with van der Waals surface area (Å²) in [6.07, 6.45) is 11.4. The van der Waals surface area contributed by atoms with Gasteiger partial charge in [0.05, 0.1) is 12.3 Å². The zero-order chi connectivity index (χ0) is 22.2. The van der Waals surface area contributed by atoms with Crippen molar-refractivity contribution in [3.05, 3.63) is 60.2 Å². The Morgan fingerprint density at radius 2 is 1.88 bits per heavy atom. The summed E-state index contributed by atoms with van der Waals surface area (Å²) in [6.45, 7) is 2.37. The fraction of sp³-hybridized carbons (Fsp3) is 0.577. The lowest BCUT2D eigenvalue weighted by molar-refractivity contribution is -0.174. The summed E-state index contributed by atoms with van der Waals surface area (Å²) in [6, 6.07) is 11.2. The molecule has 1 saturated heterocycles. The Bertz CT molecular complexity index is 836. The number of carbonyl (C=O) groups is 1. The topological polar surface area (TPSA) is 84.3 Å². The molecule has 1 aliphatic heterocycles. The third-order valence-corrected chi connectivity index (χ3v) is 7.29. The Morgan fingerprint density at radius 1 is 1.12 bits per heavy atom. The lowest BCUT2D eigenvalue weighted by Crippen LogP contribution is -2.44. The molecule has 2 aliphatic rings. The minimum Gasteiger partial charge on any atom is -0.463 e. The number of aromatic nitrogens is 2. The number of nitrogens with one attached hydrogen (secondary N) is 1. The van der Waals surface area contributed by atoms with Gasteiger partial charge < -0.3 is 15.2 Å². The minimum absolute atomic E-state index is 0.000405.